The van der Waals surface area contributed by atoms with E-state index in [0.29, 0.717) is 10.4 Å². The van der Waals surface area contributed by atoms with Gasteiger partial charge in [0, 0.05) is 17.0 Å². The van der Waals surface area contributed by atoms with Crippen molar-refractivity contribution in [2.75, 3.05) is 6.54 Å². The fraction of sp³-hybridized carbons (Fsp3) is 0.190. The van der Waals surface area contributed by atoms with Crippen LogP contribution in [0, 0.1) is 19.7 Å². The zero-order valence-corrected chi connectivity index (χ0v) is 17.1. The molecule has 0 fully saturated rings. The number of sulfone groups is 1. The molecule has 0 bridgehead atoms. The first-order valence-corrected chi connectivity index (χ1v) is 11.1. The molecule has 7 heteroatoms. The lowest BCUT2D eigenvalue weighted by atomic mass is 10.2. The molecule has 28 heavy (non-hydrogen) atoms. The summed E-state index contributed by atoms with van der Waals surface area (Å²) in [6.45, 7) is 3.52. The van der Waals surface area contributed by atoms with E-state index in [9.17, 15) is 17.6 Å². The van der Waals surface area contributed by atoms with Crippen LogP contribution in [0.4, 0.5) is 4.39 Å². The van der Waals surface area contributed by atoms with Crippen LogP contribution in [0.5, 0.6) is 0 Å². The number of hydrogen-bond acceptors (Lipinski definition) is 4. The molecule has 1 aromatic heterocycles. The highest BCUT2D eigenvalue weighted by Gasteiger charge is 2.31. The zero-order valence-electron chi connectivity index (χ0n) is 15.5. The smallest absolute Gasteiger partial charge is 0.251 e. The number of carbonyl (C=O) groups excluding carboxylic acids is 1. The second-order valence-corrected chi connectivity index (χ2v) is 9.61. The van der Waals surface area contributed by atoms with E-state index < -0.39 is 26.8 Å². The molecule has 3 rings (SSSR count). The van der Waals surface area contributed by atoms with Crippen molar-refractivity contribution in [2.24, 2.45) is 0 Å². The van der Waals surface area contributed by atoms with Crippen molar-refractivity contribution in [1.29, 1.82) is 0 Å². The van der Waals surface area contributed by atoms with Crippen LogP contribution in [0.2, 0.25) is 0 Å². The molecule has 1 amide bonds. The third kappa shape index (κ3) is 4.31. The van der Waals surface area contributed by atoms with E-state index in [2.05, 4.69) is 5.32 Å². The molecule has 0 radical (unpaired) electrons. The molecule has 0 saturated carbocycles. The third-order valence-corrected chi connectivity index (χ3v) is 7.80. The van der Waals surface area contributed by atoms with E-state index in [0.717, 1.165) is 5.56 Å². The Morgan fingerprint density at radius 3 is 2.46 bits per heavy atom. The van der Waals surface area contributed by atoms with Crippen molar-refractivity contribution >= 4 is 27.1 Å². The number of halogens is 1. The Balaban J connectivity index is 1.91. The van der Waals surface area contributed by atoms with Gasteiger partial charge >= 0.3 is 0 Å². The number of aryl methyl sites for hydroxylation is 2. The monoisotopic (exact) mass is 417 g/mol. The van der Waals surface area contributed by atoms with E-state index >= 15 is 0 Å². The Labute approximate surface area is 168 Å². The van der Waals surface area contributed by atoms with Crippen LogP contribution in [0.25, 0.3) is 0 Å². The van der Waals surface area contributed by atoms with Gasteiger partial charge in [0.15, 0.2) is 9.84 Å². The summed E-state index contributed by atoms with van der Waals surface area (Å²) in [5.74, 6) is -0.886. The quantitative estimate of drug-likeness (QED) is 0.645. The maximum Gasteiger partial charge on any atom is 0.251 e. The molecule has 1 atom stereocenters. The van der Waals surface area contributed by atoms with Crippen molar-refractivity contribution in [3.8, 4) is 0 Å². The van der Waals surface area contributed by atoms with E-state index in [1.54, 1.807) is 31.2 Å². The molecule has 1 heterocycles. The highest BCUT2D eigenvalue weighted by molar-refractivity contribution is 7.92. The molecule has 2 aromatic carbocycles. The summed E-state index contributed by atoms with van der Waals surface area (Å²) in [6, 6.07) is 14.0. The van der Waals surface area contributed by atoms with Crippen molar-refractivity contribution in [1.82, 2.24) is 5.32 Å². The first-order chi connectivity index (χ1) is 13.3. The van der Waals surface area contributed by atoms with Crippen molar-refractivity contribution in [3.63, 3.8) is 0 Å². The number of amides is 1. The second kappa shape index (κ2) is 8.24. The van der Waals surface area contributed by atoms with Crippen LogP contribution in [-0.2, 0) is 9.84 Å². The minimum atomic E-state index is -3.73. The number of carbonyl (C=O) groups is 1. The van der Waals surface area contributed by atoms with Crippen LogP contribution in [0.15, 0.2) is 64.9 Å². The molecule has 4 nitrogen and oxygen atoms in total. The van der Waals surface area contributed by atoms with Gasteiger partial charge < -0.3 is 5.32 Å². The lowest BCUT2D eigenvalue weighted by molar-refractivity contribution is 0.0953. The topological polar surface area (TPSA) is 63.2 Å². The molecule has 0 aliphatic carbocycles. The summed E-state index contributed by atoms with van der Waals surface area (Å²) >= 11 is 1.33. The Bertz CT molecular complexity index is 1080. The summed E-state index contributed by atoms with van der Waals surface area (Å²) in [7, 11) is -3.73. The molecule has 146 valence electrons. The van der Waals surface area contributed by atoms with Crippen molar-refractivity contribution in [3.05, 3.63) is 87.4 Å². The van der Waals surface area contributed by atoms with Crippen LogP contribution in [-0.4, -0.2) is 20.9 Å². The zero-order chi connectivity index (χ0) is 20.3. The van der Waals surface area contributed by atoms with E-state index in [4.69, 9.17) is 0 Å². The maximum atomic E-state index is 13.4. The highest BCUT2D eigenvalue weighted by Crippen LogP contribution is 2.33. The Kier molecular flexibility index (Phi) is 5.96. The fourth-order valence-electron chi connectivity index (χ4n) is 2.89. The Morgan fingerprint density at radius 1 is 1.11 bits per heavy atom. The van der Waals surface area contributed by atoms with Gasteiger partial charge in [-0.25, -0.2) is 12.8 Å². The predicted octanol–water partition coefficient (Wildman–Crippen LogP) is 4.45. The number of nitrogens with one attached hydrogen (secondary N) is 1. The van der Waals surface area contributed by atoms with Crippen molar-refractivity contribution in [2.45, 2.75) is 24.0 Å². The number of rotatable bonds is 6. The number of benzene rings is 2. The summed E-state index contributed by atoms with van der Waals surface area (Å²) < 4.78 is 39.9. The Hall–Kier alpha value is -2.51. The lowest BCUT2D eigenvalue weighted by Crippen LogP contribution is -2.31. The summed E-state index contributed by atoms with van der Waals surface area (Å²) in [6.07, 6.45) is 0. The SMILES string of the molecule is Cc1ccc(C)c(S(=O)(=O)[C@@H](CNC(=O)c2ccc(F)cc2)c2cccs2)c1. The summed E-state index contributed by atoms with van der Waals surface area (Å²) in [4.78, 5) is 13.3. The standard InChI is InChI=1S/C21H20FNO3S2/c1-14-5-6-15(2)19(12-14)28(25,26)20(18-4-3-11-27-18)13-23-21(24)16-7-9-17(22)10-8-16/h3-12,20H,13H2,1-2H3,(H,23,24)/t20-/m0/s1. The van der Waals surface area contributed by atoms with Gasteiger partial charge in [-0.1, -0.05) is 18.2 Å². The number of hydrogen-bond donors (Lipinski definition) is 1. The van der Waals surface area contributed by atoms with Gasteiger partial charge in [0.2, 0.25) is 0 Å². The number of thiophene rings is 1. The van der Waals surface area contributed by atoms with E-state index in [-0.39, 0.29) is 17.0 Å². The molecular formula is C21H20FNO3S2. The fourth-order valence-corrected chi connectivity index (χ4v) is 6.01. The average Bonchev–Trinajstić information content (AvgIpc) is 3.18. The van der Waals surface area contributed by atoms with Crippen LogP contribution < -0.4 is 5.32 Å². The van der Waals surface area contributed by atoms with E-state index in [1.807, 2.05) is 18.4 Å². The van der Waals surface area contributed by atoms with E-state index in [1.165, 1.54) is 35.6 Å². The highest BCUT2D eigenvalue weighted by atomic mass is 32.2. The lowest BCUT2D eigenvalue weighted by Gasteiger charge is -2.19. The second-order valence-electron chi connectivity index (χ2n) is 6.53. The Morgan fingerprint density at radius 2 is 1.82 bits per heavy atom. The molecule has 3 aromatic rings. The minimum absolute atomic E-state index is 0.0769. The first kappa shape index (κ1) is 20.2. The van der Waals surface area contributed by atoms with Crippen LogP contribution in [0.3, 0.4) is 0 Å². The largest absolute Gasteiger partial charge is 0.350 e. The van der Waals surface area contributed by atoms with Gasteiger partial charge in [-0.3, -0.25) is 4.79 Å². The van der Waals surface area contributed by atoms with Gasteiger partial charge in [0.1, 0.15) is 11.1 Å². The third-order valence-electron chi connectivity index (χ3n) is 4.44. The predicted molar refractivity (Wildman–Crippen MR) is 109 cm³/mol. The molecule has 0 saturated heterocycles. The normalized spacial score (nSPS) is 12.5. The maximum absolute atomic E-state index is 13.4. The van der Waals surface area contributed by atoms with Gasteiger partial charge in [-0.05, 0) is 66.8 Å². The molecule has 0 unspecified atom stereocenters. The van der Waals surface area contributed by atoms with Crippen LogP contribution >= 0.6 is 11.3 Å². The van der Waals surface area contributed by atoms with Gasteiger partial charge in [-0.15, -0.1) is 11.3 Å². The molecular weight excluding hydrogens is 397 g/mol. The molecule has 0 aliphatic heterocycles. The minimum Gasteiger partial charge on any atom is -0.350 e. The summed E-state index contributed by atoms with van der Waals surface area (Å²) in [5, 5.41) is 3.59. The first-order valence-electron chi connectivity index (χ1n) is 8.67. The molecule has 1 N–H and O–H groups in total. The van der Waals surface area contributed by atoms with Crippen molar-refractivity contribution < 1.29 is 17.6 Å². The van der Waals surface area contributed by atoms with Crippen LogP contribution in [0.1, 0.15) is 31.6 Å². The average molecular weight is 418 g/mol. The molecule has 0 aliphatic rings. The van der Waals surface area contributed by atoms with Gasteiger partial charge in [0.25, 0.3) is 5.91 Å². The van der Waals surface area contributed by atoms with Gasteiger partial charge in [-0.2, -0.15) is 0 Å². The summed E-state index contributed by atoms with van der Waals surface area (Å²) in [5.41, 5.74) is 1.79. The molecule has 0 spiro atoms. The van der Waals surface area contributed by atoms with Gasteiger partial charge in [0.05, 0.1) is 4.90 Å².